The van der Waals surface area contributed by atoms with Crippen molar-refractivity contribution < 1.29 is 0 Å². The van der Waals surface area contributed by atoms with Crippen LogP contribution in [0.4, 0.5) is 5.69 Å². The van der Waals surface area contributed by atoms with Crippen molar-refractivity contribution in [2.75, 3.05) is 0 Å². The lowest BCUT2D eigenvalue weighted by Gasteiger charge is -2.15. The lowest BCUT2D eigenvalue weighted by molar-refractivity contribution is 1.28. The molecule has 28 heavy (non-hydrogen) atoms. The summed E-state index contributed by atoms with van der Waals surface area (Å²) in [6.07, 6.45) is 0. The van der Waals surface area contributed by atoms with Gasteiger partial charge in [-0.1, -0.05) is 60.1 Å². The van der Waals surface area contributed by atoms with Crippen LogP contribution in [-0.4, -0.2) is 10.7 Å². The van der Waals surface area contributed by atoms with Crippen molar-refractivity contribution in [1.29, 1.82) is 0 Å². The Hall–Kier alpha value is -3.10. The van der Waals surface area contributed by atoms with E-state index >= 15 is 0 Å². The highest BCUT2D eigenvalue weighted by Crippen LogP contribution is 2.44. The molecule has 0 bridgehead atoms. The molecular formula is C25H19ClN2. The maximum atomic E-state index is 6.19. The fourth-order valence-corrected chi connectivity index (χ4v) is 4.28. The van der Waals surface area contributed by atoms with Gasteiger partial charge in [-0.2, -0.15) is 0 Å². The number of fused-ring (bicyclic) bond motifs is 2. The minimum Gasteiger partial charge on any atom is -0.358 e. The zero-order valence-corrected chi connectivity index (χ0v) is 16.5. The number of aromatic amines is 1. The number of allylic oxidation sites excluding steroid dienone is 1. The van der Waals surface area contributed by atoms with E-state index in [1.807, 2.05) is 18.2 Å². The van der Waals surface area contributed by atoms with Gasteiger partial charge in [-0.3, -0.25) is 4.99 Å². The molecule has 0 fully saturated rings. The number of halogens is 1. The van der Waals surface area contributed by atoms with Crippen LogP contribution in [0.3, 0.4) is 0 Å². The van der Waals surface area contributed by atoms with E-state index in [1.165, 1.54) is 27.7 Å². The SMILES string of the molecule is CC1=Nc2ccccc2/C1=C(/c1ccc(Cl)cc1)c1c(C)[nH]c2ccccc12. The van der Waals surface area contributed by atoms with E-state index in [0.717, 1.165) is 33.2 Å². The predicted molar refractivity (Wildman–Crippen MR) is 120 cm³/mol. The Morgan fingerprint density at radius 1 is 0.857 bits per heavy atom. The molecule has 1 aliphatic rings. The molecule has 0 atom stereocenters. The van der Waals surface area contributed by atoms with Crippen molar-refractivity contribution in [3.05, 3.63) is 100 Å². The van der Waals surface area contributed by atoms with Crippen molar-refractivity contribution in [3.8, 4) is 0 Å². The number of rotatable bonds is 2. The molecule has 136 valence electrons. The summed E-state index contributed by atoms with van der Waals surface area (Å²) >= 11 is 6.19. The van der Waals surface area contributed by atoms with Gasteiger partial charge in [0.1, 0.15) is 0 Å². The summed E-state index contributed by atoms with van der Waals surface area (Å²) in [5.74, 6) is 0. The van der Waals surface area contributed by atoms with Crippen LogP contribution < -0.4 is 0 Å². The van der Waals surface area contributed by atoms with Crippen molar-refractivity contribution in [2.24, 2.45) is 4.99 Å². The lowest BCUT2D eigenvalue weighted by atomic mass is 9.87. The van der Waals surface area contributed by atoms with Crippen LogP contribution in [0.1, 0.15) is 29.3 Å². The average molecular weight is 383 g/mol. The number of nitrogens with one attached hydrogen (secondary N) is 1. The van der Waals surface area contributed by atoms with Gasteiger partial charge in [-0.15, -0.1) is 0 Å². The number of benzene rings is 3. The fourth-order valence-electron chi connectivity index (χ4n) is 4.16. The first-order chi connectivity index (χ1) is 13.6. The molecule has 1 aromatic heterocycles. The molecule has 1 aliphatic heterocycles. The zero-order valence-electron chi connectivity index (χ0n) is 15.8. The summed E-state index contributed by atoms with van der Waals surface area (Å²) in [5.41, 5.74) is 10.3. The van der Waals surface area contributed by atoms with E-state index in [2.05, 4.69) is 73.4 Å². The number of hydrogen-bond acceptors (Lipinski definition) is 1. The van der Waals surface area contributed by atoms with E-state index in [9.17, 15) is 0 Å². The smallest absolute Gasteiger partial charge is 0.0712 e. The largest absolute Gasteiger partial charge is 0.358 e. The standard InChI is InChI=1S/C25H19ClN2/c1-15-23(19-7-3-5-9-21(19)27-15)25(17-11-13-18(26)14-12-17)24-16(2)28-22-10-6-4-8-20(22)24/h3-14,27H,1-2H3/b25-24-. The van der Waals surface area contributed by atoms with Crippen molar-refractivity contribution >= 4 is 45.0 Å². The third-order valence-electron chi connectivity index (χ3n) is 5.35. The van der Waals surface area contributed by atoms with Crippen LogP contribution in [-0.2, 0) is 0 Å². The van der Waals surface area contributed by atoms with E-state index in [1.54, 1.807) is 0 Å². The molecule has 2 heterocycles. The monoisotopic (exact) mass is 382 g/mol. The Morgan fingerprint density at radius 2 is 1.57 bits per heavy atom. The highest BCUT2D eigenvalue weighted by molar-refractivity contribution is 6.36. The molecule has 0 amide bonds. The van der Waals surface area contributed by atoms with Crippen LogP contribution in [0.2, 0.25) is 5.02 Å². The van der Waals surface area contributed by atoms with E-state index in [4.69, 9.17) is 16.6 Å². The molecule has 3 aromatic carbocycles. The van der Waals surface area contributed by atoms with Gasteiger partial charge in [-0.05, 0) is 43.7 Å². The van der Waals surface area contributed by atoms with Crippen LogP contribution in [0.5, 0.6) is 0 Å². The van der Waals surface area contributed by atoms with Crippen molar-refractivity contribution in [3.63, 3.8) is 0 Å². The van der Waals surface area contributed by atoms with E-state index in [0.29, 0.717) is 0 Å². The molecule has 0 spiro atoms. The van der Waals surface area contributed by atoms with Crippen LogP contribution in [0.25, 0.3) is 22.0 Å². The first kappa shape index (κ1) is 17.0. The summed E-state index contributed by atoms with van der Waals surface area (Å²) in [7, 11) is 0. The van der Waals surface area contributed by atoms with E-state index < -0.39 is 0 Å². The highest BCUT2D eigenvalue weighted by atomic mass is 35.5. The number of nitrogens with zero attached hydrogens (tertiary/aromatic N) is 1. The normalized spacial score (nSPS) is 14.9. The topological polar surface area (TPSA) is 28.1 Å². The summed E-state index contributed by atoms with van der Waals surface area (Å²) in [6.45, 7) is 4.23. The van der Waals surface area contributed by atoms with Crippen LogP contribution in [0.15, 0.2) is 77.8 Å². The van der Waals surface area contributed by atoms with Crippen LogP contribution in [0, 0.1) is 6.92 Å². The molecule has 0 unspecified atom stereocenters. The molecule has 3 heteroatoms. The number of aryl methyl sites for hydroxylation is 1. The van der Waals surface area contributed by atoms with Gasteiger partial charge in [0.2, 0.25) is 0 Å². The third-order valence-corrected chi connectivity index (χ3v) is 5.60. The Morgan fingerprint density at radius 3 is 2.39 bits per heavy atom. The first-order valence-electron chi connectivity index (χ1n) is 9.36. The molecule has 0 radical (unpaired) electrons. The van der Waals surface area contributed by atoms with Gasteiger partial charge < -0.3 is 4.98 Å². The second-order valence-corrected chi connectivity index (χ2v) is 7.58. The van der Waals surface area contributed by atoms with Gasteiger partial charge in [0.15, 0.2) is 0 Å². The second-order valence-electron chi connectivity index (χ2n) is 7.14. The Bertz CT molecular complexity index is 1270. The molecule has 1 N–H and O–H groups in total. The third kappa shape index (κ3) is 2.61. The molecule has 5 rings (SSSR count). The number of hydrogen-bond donors (Lipinski definition) is 1. The number of aliphatic imine (C=N–C) groups is 1. The van der Waals surface area contributed by atoms with E-state index in [-0.39, 0.29) is 0 Å². The molecule has 2 nitrogen and oxygen atoms in total. The highest BCUT2D eigenvalue weighted by Gasteiger charge is 2.25. The van der Waals surface area contributed by atoms with Gasteiger partial charge >= 0.3 is 0 Å². The van der Waals surface area contributed by atoms with Crippen molar-refractivity contribution in [2.45, 2.75) is 13.8 Å². The minimum absolute atomic E-state index is 0.737. The average Bonchev–Trinajstić information content (AvgIpc) is 3.20. The summed E-state index contributed by atoms with van der Waals surface area (Å²) < 4.78 is 0. The van der Waals surface area contributed by atoms with Crippen molar-refractivity contribution in [1.82, 2.24) is 4.98 Å². The lowest BCUT2D eigenvalue weighted by Crippen LogP contribution is -2.00. The predicted octanol–water partition coefficient (Wildman–Crippen LogP) is 7.19. The molecule has 0 saturated carbocycles. The number of aromatic nitrogens is 1. The molecule has 4 aromatic rings. The molecule has 0 saturated heterocycles. The zero-order chi connectivity index (χ0) is 19.3. The van der Waals surface area contributed by atoms with Crippen LogP contribution >= 0.6 is 11.6 Å². The molecular weight excluding hydrogens is 364 g/mol. The maximum Gasteiger partial charge on any atom is 0.0712 e. The maximum absolute atomic E-state index is 6.19. The number of para-hydroxylation sites is 2. The van der Waals surface area contributed by atoms with Gasteiger partial charge in [0.25, 0.3) is 0 Å². The van der Waals surface area contributed by atoms with Gasteiger partial charge in [0.05, 0.1) is 5.69 Å². The minimum atomic E-state index is 0.737. The van der Waals surface area contributed by atoms with Gasteiger partial charge in [-0.25, -0.2) is 0 Å². The second kappa shape index (κ2) is 6.50. The Labute approximate surface area is 169 Å². The quantitative estimate of drug-likeness (QED) is 0.380. The molecule has 0 aliphatic carbocycles. The summed E-state index contributed by atoms with van der Waals surface area (Å²) in [6, 6.07) is 24.9. The number of H-pyrrole nitrogens is 1. The Balaban J connectivity index is 1.92. The Kier molecular flexibility index (Phi) is 3.96. The van der Waals surface area contributed by atoms with Gasteiger partial charge in [0, 0.05) is 49.6 Å². The summed E-state index contributed by atoms with van der Waals surface area (Å²) in [5, 5.41) is 1.95. The summed E-state index contributed by atoms with van der Waals surface area (Å²) in [4.78, 5) is 8.39. The fraction of sp³-hybridized carbons (Fsp3) is 0.0800. The first-order valence-corrected chi connectivity index (χ1v) is 9.74.